The summed E-state index contributed by atoms with van der Waals surface area (Å²) >= 11 is 0. The topological polar surface area (TPSA) is 101 Å². The van der Waals surface area contributed by atoms with Crippen molar-refractivity contribution < 1.29 is 23.9 Å². The van der Waals surface area contributed by atoms with Gasteiger partial charge in [0.2, 0.25) is 5.91 Å². The Hall–Kier alpha value is -3.10. The average molecular weight is 362 g/mol. The Bertz CT molecular complexity index is 732. The molecule has 4 amide bonds. The van der Waals surface area contributed by atoms with Crippen molar-refractivity contribution in [3.63, 3.8) is 0 Å². The number of ether oxygens (including phenoxy) is 2. The van der Waals surface area contributed by atoms with Gasteiger partial charge in [0.1, 0.15) is 6.54 Å². The highest BCUT2D eigenvalue weighted by Crippen LogP contribution is 2.29. The van der Waals surface area contributed by atoms with Gasteiger partial charge in [-0.15, -0.1) is 0 Å². The maximum Gasteiger partial charge on any atom is 0.344 e. The summed E-state index contributed by atoms with van der Waals surface area (Å²) in [5.74, 6) is 0.325. The Balaban J connectivity index is 2.16. The second kappa shape index (κ2) is 8.32. The van der Waals surface area contributed by atoms with Crippen molar-refractivity contribution >= 4 is 24.1 Å². The molecule has 140 valence electrons. The molecule has 2 rings (SSSR count). The third-order valence-electron chi connectivity index (χ3n) is 3.48. The number of urea groups is 1. The molecular weight excluding hydrogens is 340 g/mol. The largest absolute Gasteiger partial charge is 0.490 e. The molecule has 1 aromatic carbocycles. The molecule has 0 aromatic heterocycles. The molecule has 1 aliphatic rings. The van der Waals surface area contributed by atoms with E-state index >= 15 is 0 Å². The standard InChI is InChI=1S/C17H22N4O5/c1-5-25-14-8-12(9-18-21-10-15(22)19-17(21)24)6-7-13(14)26-11(2)16(23)20(3)4/h6-9,11H,5,10H2,1-4H3,(H,19,22,24)/b18-9-/t11-/m1/s1. The average Bonchev–Trinajstić information content (AvgIpc) is 2.91. The number of carbonyl (C=O) groups excluding carboxylic acids is 3. The van der Waals surface area contributed by atoms with Gasteiger partial charge in [0, 0.05) is 14.1 Å². The van der Waals surface area contributed by atoms with Crippen molar-refractivity contribution in [1.29, 1.82) is 0 Å². The van der Waals surface area contributed by atoms with Gasteiger partial charge in [-0.1, -0.05) is 0 Å². The van der Waals surface area contributed by atoms with Crippen LogP contribution in [0, 0.1) is 0 Å². The number of amides is 4. The van der Waals surface area contributed by atoms with Crippen LogP contribution in [0.4, 0.5) is 4.79 Å². The number of hydrogen-bond acceptors (Lipinski definition) is 6. The van der Waals surface area contributed by atoms with Gasteiger partial charge < -0.3 is 14.4 Å². The van der Waals surface area contributed by atoms with Gasteiger partial charge >= 0.3 is 6.03 Å². The van der Waals surface area contributed by atoms with Gasteiger partial charge in [-0.25, -0.2) is 9.80 Å². The predicted molar refractivity (Wildman–Crippen MR) is 94.2 cm³/mol. The van der Waals surface area contributed by atoms with Crippen LogP contribution in [0.3, 0.4) is 0 Å². The number of imide groups is 1. The highest BCUT2D eigenvalue weighted by molar-refractivity contribution is 6.02. The normalized spacial score (nSPS) is 15.2. The number of hydrogen-bond donors (Lipinski definition) is 1. The van der Waals surface area contributed by atoms with Gasteiger partial charge in [0.05, 0.1) is 12.8 Å². The Morgan fingerprint density at radius 2 is 2.12 bits per heavy atom. The Kier molecular flexibility index (Phi) is 6.16. The number of likely N-dealkylation sites (N-methyl/N-ethyl adjacent to an activating group) is 1. The predicted octanol–water partition coefficient (Wildman–Crippen LogP) is 0.826. The molecule has 0 spiro atoms. The third kappa shape index (κ3) is 4.71. The fourth-order valence-corrected chi connectivity index (χ4v) is 2.24. The monoisotopic (exact) mass is 362 g/mol. The summed E-state index contributed by atoms with van der Waals surface area (Å²) in [6.45, 7) is 3.80. The quantitative estimate of drug-likeness (QED) is 0.572. The molecule has 1 atom stereocenters. The molecule has 0 radical (unpaired) electrons. The first-order valence-corrected chi connectivity index (χ1v) is 8.11. The van der Waals surface area contributed by atoms with Crippen LogP contribution in [0.25, 0.3) is 0 Å². The van der Waals surface area contributed by atoms with E-state index in [0.29, 0.717) is 23.7 Å². The molecule has 9 nitrogen and oxygen atoms in total. The highest BCUT2D eigenvalue weighted by atomic mass is 16.5. The van der Waals surface area contributed by atoms with Crippen LogP contribution in [-0.4, -0.2) is 67.3 Å². The molecule has 1 aliphatic heterocycles. The van der Waals surface area contributed by atoms with Crippen LogP contribution in [0.15, 0.2) is 23.3 Å². The van der Waals surface area contributed by atoms with E-state index in [0.717, 1.165) is 5.01 Å². The maximum absolute atomic E-state index is 12.0. The molecule has 0 saturated carbocycles. The van der Waals surface area contributed by atoms with Gasteiger partial charge in [0.15, 0.2) is 17.6 Å². The first-order chi connectivity index (χ1) is 12.3. The van der Waals surface area contributed by atoms with Crippen molar-refractivity contribution in [2.24, 2.45) is 5.10 Å². The molecule has 1 saturated heterocycles. The van der Waals surface area contributed by atoms with E-state index in [1.807, 2.05) is 6.92 Å². The number of nitrogens with one attached hydrogen (secondary N) is 1. The van der Waals surface area contributed by atoms with Crippen molar-refractivity contribution in [3.05, 3.63) is 23.8 Å². The van der Waals surface area contributed by atoms with E-state index in [9.17, 15) is 14.4 Å². The van der Waals surface area contributed by atoms with E-state index in [4.69, 9.17) is 9.47 Å². The summed E-state index contributed by atoms with van der Waals surface area (Å²) in [4.78, 5) is 36.0. The van der Waals surface area contributed by atoms with E-state index in [1.165, 1.54) is 11.1 Å². The summed E-state index contributed by atoms with van der Waals surface area (Å²) in [5, 5.41) is 7.16. The van der Waals surface area contributed by atoms with E-state index in [2.05, 4.69) is 10.4 Å². The molecule has 1 N–H and O–H groups in total. The van der Waals surface area contributed by atoms with Crippen molar-refractivity contribution in [2.75, 3.05) is 27.2 Å². The minimum Gasteiger partial charge on any atom is -0.490 e. The fraction of sp³-hybridized carbons (Fsp3) is 0.412. The summed E-state index contributed by atoms with van der Waals surface area (Å²) in [5.41, 5.74) is 0.652. The molecule has 0 aliphatic carbocycles. The number of benzene rings is 1. The Morgan fingerprint density at radius 3 is 2.69 bits per heavy atom. The number of hydrazone groups is 1. The second-order valence-corrected chi connectivity index (χ2v) is 5.79. The zero-order valence-electron chi connectivity index (χ0n) is 15.2. The van der Waals surface area contributed by atoms with Crippen LogP contribution in [0.1, 0.15) is 19.4 Å². The summed E-state index contributed by atoms with van der Waals surface area (Å²) in [7, 11) is 3.31. The summed E-state index contributed by atoms with van der Waals surface area (Å²) in [6, 6.07) is 4.50. The lowest BCUT2D eigenvalue weighted by Gasteiger charge is -2.20. The number of carbonyl (C=O) groups is 3. The lowest BCUT2D eigenvalue weighted by Crippen LogP contribution is -2.35. The molecule has 26 heavy (non-hydrogen) atoms. The zero-order chi connectivity index (χ0) is 19.3. The SMILES string of the molecule is CCOc1cc(/C=N\N2CC(=O)NC2=O)ccc1O[C@H](C)C(=O)N(C)C. The van der Waals surface area contributed by atoms with Crippen molar-refractivity contribution in [2.45, 2.75) is 20.0 Å². The molecule has 1 aromatic rings. The van der Waals surface area contributed by atoms with E-state index in [-0.39, 0.29) is 12.5 Å². The fourth-order valence-electron chi connectivity index (χ4n) is 2.24. The lowest BCUT2D eigenvalue weighted by molar-refractivity contribution is -0.135. The van der Waals surface area contributed by atoms with Crippen molar-refractivity contribution in [3.8, 4) is 11.5 Å². The summed E-state index contributed by atoms with van der Waals surface area (Å²) < 4.78 is 11.3. The zero-order valence-corrected chi connectivity index (χ0v) is 15.2. The number of rotatable bonds is 7. The van der Waals surface area contributed by atoms with Crippen LogP contribution in [0.2, 0.25) is 0 Å². The van der Waals surface area contributed by atoms with Crippen LogP contribution >= 0.6 is 0 Å². The minimum absolute atomic E-state index is 0.112. The third-order valence-corrected chi connectivity index (χ3v) is 3.48. The van der Waals surface area contributed by atoms with Gasteiger partial charge in [-0.2, -0.15) is 5.10 Å². The molecule has 0 bridgehead atoms. The Morgan fingerprint density at radius 1 is 1.38 bits per heavy atom. The van der Waals surface area contributed by atoms with Gasteiger partial charge in [-0.05, 0) is 37.6 Å². The minimum atomic E-state index is -0.664. The van der Waals surface area contributed by atoms with E-state index in [1.54, 1.807) is 39.2 Å². The van der Waals surface area contributed by atoms with Crippen LogP contribution in [-0.2, 0) is 9.59 Å². The van der Waals surface area contributed by atoms with Gasteiger partial charge in [-0.3, -0.25) is 14.9 Å². The first kappa shape index (κ1) is 19.2. The molecule has 9 heteroatoms. The second-order valence-electron chi connectivity index (χ2n) is 5.79. The van der Waals surface area contributed by atoms with Crippen LogP contribution < -0.4 is 14.8 Å². The van der Waals surface area contributed by atoms with Crippen molar-refractivity contribution in [1.82, 2.24) is 15.2 Å². The molecule has 0 unspecified atom stereocenters. The molecular formula is C17H22N4O5. The molecule has 1 fully saturated rings. The smallest absolute Gasteiger partial charge is 0.344 e. The van der Waals surface area contributed by atoms with E-state index < -0.39 is 18.0 Å². The van der Waals surface area contributed by atoms with Gasteiger partial charge in [0.25, 0.3) is 5.91 Å². The lowest BCUT2D eigenvalue weighted by atomic mass is 10.2. The number of nitrogens with zero attached hydrogens (tertiary/aromatic N) is 3. The Labute approximate surface area is 151 Å². The highest BCUT2D eigenvalue weighted by Gasteiger charge is 2.26. The maximum atomic E-state index is 12.0. The molecule has 1 heterocycles. The summed E-state index contributed by atoms with van der Waals surface area (Å²) in [6.07, 6.45) is 0.779. The first-order valence-electron chi connectivity index (χ1n) is 8.11. The van der Waals surface area contributed by atoms with Crippen LogP contribution in [0.5, 0.6) is 11.5 Å².